The Morgan fingerprint density at radius 1 is 1.24 bits per heavy atom. The van der Waals surface area contributed by atoms with Gasteiger partial charge in [-0.15, -0.1) is 5.10 Å². The SMILES string of the molecule is CCCNc1nc(Sc2nnnn2C)c2ccccc2n1. The summed E-state index contributed by atoms with van der Waals surface area (Å²) in [6.07, 6.45) is 1.02. The van der Waals surface area contributed by atoms with E-state index in [1.54, 1.807) is 4.68 Å². The summed E-state index contributed by atoms with van der Waals surface area (Å²) in [4.78, 5) is 9.12. The van der Waals surface area contributed by atoms with E-state index in [0.717, 1.165) is 28.9 Å². The molecule has 0 spiro atoms. The molecule has 0 unspecified atom stereocenters. The van der Waals surface area contributed by atoms with Crippen molar-refractivity contribution < 1.29 is 0 Å². The fraction of sp³-hybridized carbons (Fsp3) is 0.308. The van der Waals surface area contributed by atoms with Crippen LogP contribution in [0.5, 0.6) is 0 Å². The second-order valence-electron chi connectivity index (χ2n) is 4.48. The Morgan fingerprint density at radius 2 is 2.10 bits per heavy atom. The molecular formula is C13H15N7S. The van der Waals surface area contributed by atoms with Crippen molar-refractivity contribution in [1.29, 1.82) is 0 Å². The van der Waals surface area contributed by atoms with Gasteiger partial charge in [-0.1, -0.05) is 25.1 Å². The van der Waals surface area contributed by atoms with E-state index in [1.165, 1.54) is 11.8 Å². The van der Waals surface area contributed by atoms with Crippen LogP contribution in [0.15, 0.2) is 34.4 Å². The van der Waals surface area contributed by atoms with E-state index in [-0.39, 0.29) is 0 Å². The molecule has 1 aromatic carbocycles. The molecule has 0 fully saturated rings. The van der Waals surface area contributed by atoms with Crippen molar-refractivity contribution in [2.75, 3.05) is 11.9 Å². The molecule has 3 rings (SSSR count). The van der Waals surface area contributed by atoms with Crippen molar-refractivity contribution in [2.24, 2.45) is 7.05 Å². The normalized spacial score (nSPS) is 11.0. The zero-order chi connectivity index (χ0) is 14.7. The molecule has 0 aliphatic rings. The highest BCUT2D eigenvalue weighted by Gasteiger charge is 2.12. The van der Waals surface area contributed by atoms with E-state index in [1.807, 2.05) is 31.3 Å². The van der Waals surface area contributed by atoms with Gasteiger partial charge in [0, 0.05) is 19.0 Å². The standard InChI is InChI=1S/C13H15N7S/c1-3-8-14-12-15-10-7-5-4-6-9(10)11(16-12)21-13-17-18-19-20(13)2/h4-7H,3,8H2,1-2H3,(H,14,15,16). The minimum atomic E-state index is 0.633. The van der Waals surface area contributed by atoms with Crippen LogP contribution < -0.4 is 5.32 Å². The largest absolute Gasteiger partial charge is 0.354 e. The van der Waals surface area contributed by atoms with Crippen molar-refractivity contribution in [3.05, 3.63) is 24.3 Å². The molecule has 0 saturated heterocycles. The zero-order valence-electron chi connectivity index (χ0n) is 11.8. The summed E-state index contributed by atoms with van der Waals surface area (Å²) < 4.78 is 1.63. The molecule has 0 aliphatic heterocycles. The second-order valence-corrected chi connectivity index (χ2v) is 5.44. The van der Waals surface area contributed by atoms with Crippen LogP contribution in [0.3, 0.4) is 0 Å². The molecule has 0 saturated carbocycles. The summed E-state index contributed by atoms with van der Waals surface area (Å²) in [5.41, 5.74) is 0.906. The van der Waals surface area contributed by atoms with Gasteiger partial charge in [-0.25, -0.2) is 14.6 Å². The first-order valence-corrected chi connectivity index (χ1v) is 7.50. The molecule has 1 N–H and O–H groups in total. The molecule has 0 radical (unpaired) electrons. The van der Waals surface area contributed by atoms with E-state index >= 15 is 0 Å². The Kier molecular flexibility index (Phi) is 3.96. The van der Waals surface area contributed by atoms with Gasteiger partial charge in [-0.2, -0.15) is 0 Å². The highest BCUT2D eigenvalue weighted by atomic mass is 32.2. The van der Waals surface area contributed by atoms with Gasteiger partial charge in [0.2, 0.25) is 11.1 Å². The Morgan fingerprint density at radius 3 is 2.86 bits per heavy atom. The number of hydrogen-bond donors (Lipinski definition) is 1. The number of fused-ring (bicyclic) bond motifs is 1. The number of aryl methyl sites for hydroxylation is 1. The van der Waals surface area contributed by atoms with Gasteiger partial charge in [0.1, 0.15) is 5.03 Å². The average Bonchev–Trinajstić information content (AvgIpc) is 2.90. The van der Waals surface area contributed by atoms with Gasteiger partial charge >= 0.3 is 0 Å². The fourth-order valence-electron chi connectivity index (χ4n) is 1.84. The van der Waals surface area contributed by atoms with Crippen LogP contribution in [0.1, 0.15) is 13.3 Å². The molecule has 0 amide bonds. The zero-order valence-corrected chi connectivity index (χ0v) is 12.6. The number of aromatic nitrogens is 6. The minimum absolute atomic E-state index is 0.633. The van der Waals surface area contributed by atoms with Crippen LogP contribution in [-0.4, -0.2) is 36.7 Å². The first kappa shape index (κ1) is 13.7. The molecule has 7 nitrogen and oxygen atoms in total. The van der Waals surface area contributed by atoms with Crippen LogP contribution in [0.2, 0.25) is 0 Å². The summed E-state index contributed by atoms with van der Waals surface area (Å²) in [5, 5.41) is 17.2. The topological polar surface area (TPSA) is 81.4 Å². The lowest BCUT2D eigenvalue weighted by molar-refractivity contribution is 0.664. The van der Waals surface area contributed by atoms with Crippen molar-refractivity contribution >= 4 is 28.6 Å². The Hall–Kier alpha value is -2.22. The third kappa shape index (κ3) is 2.94. The first-order valence-electron chi connectivity index (χ1n) is 6.69. The monoisotopic (exact) mass is 301 g/mol. The predicted molar refractivity (Wildman–Crippen MR) is 81.2 cm³/mol. The maximum Gasteiger partial charge on any atom is 0.224 e. The molecule has 21 heavy (non-hydrogen) atoms. The minimum Gasteiger partial charge on any atom is -0.354 e. The maximum absolute atomic E-state index is 4.59. The molecule has 0 atom stereocenters. The maximum atomic E-state index is 4.59. The number of rotatable bonds is 5. The highest BCUT2D eigenvalue weighted by molar-refractivity contribution is 7.99. The molecule has 3 aromatic rings. The number of anilines is 1. The summed E-state index contributed by atoms with van der Waals surface area (Å²) in [6, 6.07) is 7.93. The Bertz CT molecular complexity index is 755. The summed E-state index contributed by atoms with van der Waals surface area (Å²) in [7, 11) is 1.81. The van der Waals surface area contributed by atoms with E-state index < -0.39 is 0 Å². The van der Waals surface area contributed by atoms with E-state index in [4.69, 9.17) is 0 Å². The number of hydrogen-bond acceptors (Lipinski definition) is 7. The fourth-order valence-corrected chi connectivity index (χ4v) is 2.67. The van der Waals surface area contributed by atoms with Gasteiger partial charge in [0.15, 0.2) is 0 Å². The average molecular weight is 301 g/mol. The molecule has 2 aromatic heterocycles. The number of nitrogens with one attached hydrogen (secondary N) is 1. The molecule has 2 heterocycles. The van der Waals surface area contributed by atoms with Crippen molar-refractivity contribution in [1.82, 2.24) is 30.2 Å². The lowest BCUT2D eigenvalue weighted by Gasteiger charge is -2.08. The van der Waals surface area contributed by atoms with Crippen LogP contribution in [0.25, 0.3) is 10.9 Å². The highest BCUT2D eigenvalue weighted by Crippen LogP contribution is 2.30. The smallest absolute Gasteiger partial charge is 0.224 e. The molecule has 108 valence electrons. The van der Waals surface area contributed by atoms with E-state index in [0.29, 0.717) is 11.1 Å². The third-order valence-corrected chi connectivity index (χ3v) is 3.90. The second kappa shape index (κ2) is 6.04. The van der Waals surface area contributed by atoms with E-state index in [9.17, 15) is 0 Å². The number of para-hydroxylation sites is 1. The number of benzene rings is 1. The molecular weight excluding hydrogens is 286 g/mol. The quantitative estimate of drug-likeness (QED) is 0.723. The van der Waals surface area contributed by atoms with E-state index in [2.05, 4.69) is 37.7 Å². The van der Waals surface area contributed by atoms with Crippen LogP contribution in [-0.2, 0) is 7.05 Å². The van der Waals surface area contributed by atoms with Crippen molar-refractivity contribution in [2.45, 2.75) is 23.5 Å². The molecule has 0 bridgehead atoms. The lowest BCUT2D eigenvalue weighted by atomic mass is 10.2. The van der Waals surface area contributed by atoms with Crippen molar-refractivity contribution in [3.8, 4) is 0 Å². The number of tetrazole rings is 1. The Labute approximate surface area is 126 Å². The number of nitrogens with zero attached hydrogens (tertiary/aromatic N) is 6. The summed E-state index contributed by atoms with van der Waals surface area (Å²) in [5.74, 6) is 0.633. The first-order chi connectivity index (χ1) is 10.3. The van der Waals surface area contributed by atoms with Gasteiger partial charge in [0.05, 0.1) is 5.52 Å². The lowest BCUT2D eigenvalue weighted by Crippen LogP contribution is -2.05. The van der Waals surface area contributed by atoms with Crippen molar-refractivity contribution in [3.63, 3.8) is 0 Å². The van der Waals surface area contributed by atoms with Gasteiger partial charge in [0.25, 0.3) is 0 Å². The predicted octanol–water partition coefficient (Wildman–Crippen LogP) is 2.13. The van der Waals surface area contributed by atoms with Crippen LogP contribution in [0.4, 0.5) is 5.95 Å². The molecule has 8 heteroatoms. The summed E-state index contributed by atoms with van der Waals surface area (Å²) in [6.45, 7) is 2.95. The van der Waals surface area contributed by atoms with Gasteiger partial charge in [-0.3, -0.25) is 0 Å². The van der Waals surface area contributed by atoms with Crippen LogP contribution >= 0.6 is 11.8 Å². The molecule has 0 aliphatic carbocycles. The van der Waals surface area contributed by atoms with Gasteiger partial charge in [-0.05, 0) is 34.7 Å². The Balaban J connectivity index is 2.04. The summed E-state index contributed by atoms with van der Waals surface area (Å²) >= 11 is 1.43. The third-order valence-electron chi connectivity index (χ3n) is 2.87. The van der Waals surface area contributed by atoms with Gasteiger partial charge < -0.3 is 5.32 Å². The van der Waals surface area contributed by atoms with Crippen LogP contribution in [0, 0.1) is 0 Å².